The molecule has 0 bridgehead atoms. The number of hydrogen-bond donors (Lipinski definition) is 0. The Morgan fingerprint density at radius 1 is 0.379 bits per heavy atom. The molecule has 0 radical (unpaired) electrons. The SMILES string of the molecule is CC\C=C/C=C\C=C/C=C\CCCCCCCC(=O)OC(COC(=O)C/C=C\C/C=C\C/C=C\CC)COC(=O)CCCCC/C=C\C/C=C\C/C=C\C/C=C\CC. The van der Waals surface area contributed by atoms with Crippen LogP contribution < -0.4 is 0 Å². The predicted molar refractivity (Wildman–Crippen MR) is 246 cm³/mol. The zero-order chi connectivity index (χ0) is 42.3. The summed E-state index contributed by atoms with van der Waals surface area (Å²) in [5, 5.41) is 0. The minimum absolute atomic E-state index is 0.117. The van der Waals surface area contributed by atoms with Crippen molar-refractivity contribution in [3.05, 3.63) is 134 Å². The zero-order valence-corrected chi connectivity index (χ0v) is 36.5. The van der Waals surface area contributed by atoms with Crippen LogP contribution in [-0.2, 0) is 28.6 Å². The molecule has 0 heterocycles. The molecular weight excluding hydrogens is 721 g/mol. The first-order chi connectivity index (χ1) is 28.5. The molecule has 0 saturated carbocycles. The summed E-state index contributed by atoms with van der Waals surface area (Å²) in [6.45, 7) is 6.08. The highest BCUT2D eigenvalue weighted by atomic mass is 16.6. The van der Waals surface area contributed by atoms with Gasteiger partial charge in [-0.25, -0.2) is 0 Å². The second-order valence-electron chi connectivity index (χ2n) is 13.9. The number of allylic oxidation sites excluding steroid dienone is 21. The molecule has 6 nitrogen and oxygen atoms in total. The molecule has 0 aliphatic carbocycles. The highest BCUT2D eigenvalue weighted by Gasteiger charge is 2.19. The Morgan fingerprint density at radius 2 is 0.776 bits per heavy atom. The predicted octanol–water partition coefficient (Wildman–Crippen LogP) is 14.4. The van der Waals surface area contributed by atoms with Crippen molar-refractivity contribution >= 4 is 17.9 Å². The van der Waals surface area contributed by atoms with Crippen molar-refractivity contribution in [3.8, 4) is 0 Å². The number of ether oxygens (including phenoxy) is 3. The van der Waals surface area contributed by atoms with Gasteiger partial charge in [0, 0.05) is 12.8 Å². The number of carbonyl (C=O) groups is 3. The van der Waals surface area contributed by atoms with Crippen molar-refractivity contribution in [2.45, 2.75) is 162 Å². The molecule has 322 valence electrons. The van der Waals surface area contributed by atoms with E-state index in [4.69, 9.17) is 14.2 Å². The summed E-state index contributed by atoms with van der Waals surface area (Å²) in [6.07, 6.45) is 63.2. The van der Waals surface area contributed by atoms with Crippen LogP contribution in [0.5, 0.6) is 0 Å². The second kappa shape index (κ2) is 45.3. The third-order valence-electron chi connectivity index (χ3n) is 8.51. The van der Waals surface area contributed by atoms with Crippen LogP contribution in [0.1, 0.15) is 156 Å². The van der Waals surface area contributed by atoms with Gasteiger partial charge in [-0.15, -0.1) is 0 Å². The van der Waals surface area contributed by atoms with Crippen LogP contribution in [0.3, 0.4) is 0 Å². The lowest BCUT2D eigenvalue weighted by Gasteiger charge is -2.18. The lowest BCUT2D eigenvalue weighted by molar-refractivity contribution is -0.166. The van der Waals surface area contributed by atoms with Crippen molar-refractivity contribution in [1.29, 1.82) is 0 Å². The number of esters is 3. The van der Waals surface area contributed by atoms with E-state index < -0.39 is 12.1 Å². The van der Waals surface area contributed by atoms with E-state index in [1.165, 1.54) is 0 Å². The van der Waals surface area contributed by atoms with Gasteiger partial charge in [0.1, 0.15) is 13.2 Å². The Balaban J connectivity index is 4.56. The fourth-order valence-electron chi connectivity index (χ4n) is 5.27. The third kappa shape index (κ3) is 42.7. The summed E-state index contributed by atoms with van der Waals surface area (Å²) in [5.41, 5.74) is 0. The van der Waals surface area contributed by atoms with Crippen LogP contribution in [0.2, 0.25) is 0 Å². The highest BCUT2D eigenvalue weighted by molar-refractivity contribution is 5.72. The summed E-state index contributed by atoms with van der Waals surface area (Å²) in [4.78, 5) is 37.6. The van der Waals surface area contributed by atoms with Crippen molar-refractivity contribution in [2.75, 3.05) is 13.2 Å². The summed E-state index contributed by atoms with van der Waals surface area (Å²) >= 11 is 0. The van der Waals surface area contributed by atoms with Gasteiger partial charge in [0.05, 0.1) is 6.42 Å². The fraction of sp³-hybridized carbons (Fsp3) is 0.519. The largest absolute Gasteiger partial charge is 0.462 e. The maximum absolute atomic E-state index is 12.7. The average molecular weight is 799 g/mol. The molecule has 0 aromatic carbocycles. The first kappa shape index (κ1) is 53.6. The molecular formula is C52H78O6. The number of carbonyl (C=O) groups excluding carboxylic acids is 3. The van der Waals surface area contributed by atoms with Crippen molar-refractivity contribution in [2.24, 2.45) is 0 Å². The van der Waals surface area contributed by atoms with Crippen LogP contribution in [0, 0.1) is 0 Å². The van der Waals surface area contributed by atoms with Gasteiger partial charge < -0.3 is 14.2 Å². The monoisotopic (exact) mass is 799 g/mol. The van der Waals surface area contributed by atoms with E-state index in [1.54, 1.807) is 6.08 Å². The molecule has 0 aliphatic heterocycles. The first-order valence-electron chi connectivity index (χ1n) is 22.2. The van der Waals surface area contributed by atoms with E-state index in [0.717, 1.165) is 116 Å². The molecule has 1 unspecified atom stereocenters. The molecule has 0 amide bonds. The topological polar surface area (TPSA) is 78.9 Å². The molecule has 0 N–H and O–H groups in total. The number of hydrogen-bond acceptors (Lipinski definition) is 6. The molecule has 0 aromatic heterocycles. The highest BCUT2D eigenvalue weighted by Crippen LogP contribution is 2.11. The van der Waals surface area contributed by atoms with Crippen molar-refractivity contribution < 1.29 is 28.6 Å². The molecule has 0 rings (SSSR count). The Labute approximate surface area is 354 Å². The van der Waals surface area contributed by atoms with E-state index in [-0.39, 0.29) is 38.0 Å². The minimum atomic E-state index is -0.842. The lowest BCUT2D eigenvalue weighted by Crippen LogP contribution is -2.30. The van der Waals surface area contributed by atoms with E-state index in [9.17, 15) is 14.4 Å². The summed E-state index contributed by atoms with van der Waals surface area (Å²) in [7, 11) is 0. The van der Waals surface area contributed by atoms with E-state index in [2.05, 4.69) is 112 Å². The second-order valence-corrected chi connectivity index (χ2v) is 13.9. The quantitative estimate of drug-likeness (QED) is 0.0205. The molecule has 0 fully saturated rings. The van der Waals surface area contributed by atoms with Gasteiger partial charge in [-0.05, 0) is 89.9 Å². The third-order valence-corrected chi connectivity index (χ3v) is 8.51. The molecule has 58 heavy (non-hydrogen) atoms. The normalized spacial score (nSPS) is 13.4. The maximum Gasteiger partial charge on any atom is 0.309 e. The number of unbranched alkanes of at least 4 members (excludes halogenated alkanes) is 8. The van der Waals surface area contributed by atoms with Gasteiger partial charge in [-0.2, -0.15) is 0 Å². The lowest BCUT2D eigenvalue weighted by atomic mass is 10.1. The number of rotatable bonds is 37. The van der Waals surface area contributed by atoms with Gasteiger partial charge in [0.2, 0.25) is 0 Å². The summed E-state index contributed by atoms with van der Waals surface area (Å²) in [6, 6.07) is 0. The van der Waals surface area contributed by atoms with Crippen molar-refractivity contribution in [3.63, 3.8) is 0 Å². The van der Waals surface area contributed by atoms with E-state index >= 15 is 0 Å². The Morgan fingerprint density at radius 3 is 1.34 bits per heavy atom. The van der Waals surface area contributed by atoms with Crippen molar-refractivity contribution in [1.82, 2.24) is 0 Å². The Hall–Kier alpha value is -4.45. The standard InChI is InChI=1S/C52H78O6/c1-4-7-10-13-16-19-21-23-25-27-28-30-33-36-39-42-45-51(54)57-48-49(47-56-50(53)44-41-38-35-32-18-15-12-9-6-3)58-52(55)46-43-40-37-34-31-29-26-24-22-20-17-14-11-8-5-2/h7-12,14,16-20,22-26,28,30,32,38,41,49H,4-6,13,15,21,27,29,31,33-37,39-40,42-48H2,1-3H3/b10-7-,11-8-,12-9-,17-14-,19-16-,22-20-,25-23-,26-24-,30-28-,32-18-,41-38-. The molecule has 0 aromatic rings. The first-order valence-corrected chi connectivity index (χ1v) is 22.2. The van der Waals surface area contributed by atoms with Gasteiger partial charge >= 0.3 is 17.9 Å². The van der Waals surface area contributed by atoms with Gasteiger partial charge in [0.15, 0.2) is 6.10 Å². The van der Waals surface area contributed by atoms with Gasteiger partial charge in [-0.1, -0.05) is 180 Å². The smallest absolute Gasteiger partial charge is 0.309 e. The molecule has 0 spiro atoms. The summed E-state index contributed by atoms with van der Waals surface area (Å²) < 4.78 is 16.5. The molecule has 6 heteroatoms. The Bertz CT molecular complexity index is 1330. The van der Waals surface area contributed by atoms with Crippen LogP contribution in [0.25, 0.3) is 0 Å². The van der Waals surface area contributed by atoms with Crippen LogP contribution >= 0.6 is 0 Å². The minimum Gasteiger partial charge on any atom is -0.462 e. The zero-order valence-electron chi connectivity index (χ0n) is 36.5. The van der Waals surface area contributed by atoms with Gasteiger partial charge in [0.25, 0.3) is 0 Å². The maximum atomic E-state index is 12.7. The molecule has 0 saturated heterocycles. The average Bonchev–Trinajstić information content (AvgIpc) is 3.22. The Kier molecular flexibility index (Phi) is 41.8. The van der Waals surface area contributed by atoms with E-state index in [0.29, 0.717) is 6.42 Å². The fourth-order valence-corrected chi connectivity index (χ4v) is 5.27. The van der Waals surface area contributed by atoms with Crippen LogP contribution in [0.15, 0.2) is 134 Å². The van der Waals surface area contributed by atoms with Crippen LogP contribution in [0.4, 0.5) is 0 Å². The van der Waals surface area contributed by atoms with Crippen LogP contribution in [-0.4, -0.2) is 37.2 Å². The summed E-state index contributed by atoms with van der Waals surface area (Å²) in [5.74, 6) is -1.14. The van der Waals surface area contributed by atoms with Gasteiger partial charge in [-0.3, -0.25) is 14.4 Å². The molecule has 0 aliphatic rings. The molecule has 1 atom stereocenters. The van der Waals surface area contributed by atoms with E-state index in [1.807, 2.05) is 36.5 Å².